The lowest BCUT2D eigenvalue weighted by molar-refractivity contribution is 0.0460. The molecule has 0 spiro atoms. The summed E-state index contributed by atoms with van der Waals surface area (Å²) in [7, 11) is 0. The summed E-state index contributed by atoms with van der Waals surface area (Å²) in [5.74, 6) is 1.25. The van der Waals surface area contributed by atoms with Crippen LogP contribution in [0, 0.1) is 11.8 Å². The quantitative estimate of drug-likeness (QED) is 0.916. The van der Waals surface area contributed by atoms with Gasteiger partial charge in [0.15, 0.2) is 0 Å². The molecule has 3 atom stereocenters. The van der Waals surface area contributed by atoms with Gasteiger partial charge in [-0.1, -0.05) is 36.8 Å². The van der Waals surface area contributed by atoms with Crippen molar-refractivity contribution in [3.05, 3.63) is 35.9 Å². The zero-order valence-corrected chi connectivity index (χ0v) is 15.1. The predicted molar refractivity (Wildman–Crippen MR) is 95.7 cm³/mol. The summed E-state index contributed by atoms with van der Waals surface area (Å²) in [5, 5.41) is 3.14. The van der Waals surface area contributed by atoms with Crippen molar-refractivity contribution in [2.75, 3.05) is 13.1 Å². The maximum Gasteiger partial charge on any atom is 0.407 e. The van der Waals surface area contributed by atoms with E-state index in [4.69, 9.17) is 4.74 Å². The minimum atomic E-state index is -0.437. The van der Waals surface area contributed by atoms with Gasteiger partial charge in [0, 0.05) is 25.7 Å². The molecule has 4 heteroatoms. The number of alkyl carbamates (subject to hydrolysis) is 1. The van der Waals surface area contributed by atoms with Crippen LogP contribution in [0.5, 0.6) is 0 Å². The monoisotopic (exact) mass is 330 g/mol. The van der Waals surface area contributed by atoms with Crippen LogP contribution in [0.4, 0.5) is 4.79 Å². The molecule has 24 heavy (non-hydrogen) atoms. The van der Waals surface area contributed by atoms with Crippen molar-refractivity contribution >= 4 is 6.09 Å². The number of nitrogens with one attached hydrogen (secondary N) is 1. The SMILES string of the molecule is CC(C)(C)OC(=O)N[C@H]1CCC[C@@H]2CN(Cc3ccccc3)C[C@@H]21. The first-order valence-corrected chi connectivity index (χ1v) is 9.16. The first kappa shape index (κ1) is 17.3. The molecule has 0 bridgehead atoms. The number of carbonyl (C=O) groups excluding carboxylic acids is 1. The molecule has 132 valence electrons. The third-order valence-corrected chi connectivity index (χ3v) is 5.13. The second kappa shape index (κ2) is 7.14. The van der Waals surface area contributed by atoms with Gasteiger partial charge in [-0.05, 0) is 51.0 Å². The minimum Gasteiger partial charge on any atom is -0.444 e. The number of amides is 1. The lowest BCUT2D eigenvalue weighted by atomic mass is 9.78. The first-order chi connectivity index (χ1) is 11.4. The van der Waals surface area contributed by atoms with Crippen LogP contribution in [-0.2, 0) is 11.3 Å². The van der Waals surface area contributed by atoms with Crippen LogP contribution in [-0.4, -0.2) is 35.7 Å². The van der Waals surface area contributed by atoms with Gasteiger partial charge in [-0.25, -0.2) is 4.79 Å². The van der Waals surface area contributed by atoms with Gasteiger partial charge in [-0.15, -0.1) is 0 Å². The number of hydrogen-bond acceptors (Lipinski definition) is 3. The third kappa shape index (κ3) is 4.50. The Labute approximate surface area is 145 Å². The highest BCUT2D eigenvalue weighted by Crippen LogP contribution is 2.37. The van der Waals surface area contributed by atoms with Crippen LogP contribution in [0.2, 0.25) is 0 Å². The van der Waals surface area contributed by atoms with E-state index in [0.717, 1.165) is 26.1 Å². The molecule has 1 aliphatic carbocycles. The fraction of sp³-hybridized carbons (Fsp3) is 0.650. The Morgan fingerprint density at radius 3 is 2.67 bits per heavy atom. The molecule has 1 heterocycles. The Morgan fingerprint density at radius 2 is 1.96 bits per heavy atom. The van der Waals surface area contributed by atoms with Crippen molar-refractivity contribution in [3.8, 4) is 0 Å². The van der Waals surface area contributed by atoms with Gasteiger partial charge in [0.1, 0.15) is 5.60 Å². The largest absolute Gasteiger partial charge is 0.444 e. The van der Waals surface area contributed by atoms with Crippen molar-refractivity contribution in [1.82, 2.24) is 10.2 Å². The van der Waals surface area contributed by atoms with Gasteiger partial charge in [0.05, 0.1) is 0 Å². The van der Waals surface area contributed by atoms with E-state index >= 15 is 0 Å². The summed E-state index contributed by atoms with van der Waals surface area (Å²) in [5.41, 5.74) is 0.931. The molecule has 0 unspecified atom stereocenters. The second-order valence-electron chi connectivity index (χ2n) is 8.29. The number of ether oxygens (including phenoxy) is 1. The summed E-state index contributed by atoms with van der Waals surface area (Å²) < 4.78 is 5.45. The van der Waals surface area contributed by atoms with Crippen molar-refractivity contribution in [1.29, 1.82) is 0 Å². The van der Waals surface area contributed by atoms with E-state index in [-0.39, 0.29) is 12.1 Å². The second-order valence-corrected chi connectivity index (χ2v) is 8.29. The van der Waals surface area contributed by atoms with E-state index < -0.39 is 5.60 Å². The number of hydrogen-bond donors (Lipinski definition) is 1. The van der Waals surface area contributed by atoms with Crippen LogP contribution in [0.15, 0.2) is 30.3 Å². The van der Waals surface area contributed by atoms with Crippen molar-refractivity contribution in [2.24, 2.45) is 11.8 Å². The van der Waals surface area contributed by atoms with Gasteiger partial charge in [-0.2, -0.15) is 0 Å². The van der Waals surface area contributed by atoms with Crippen LogP contribution in [0.25, 0.3) is 0 Å². The zero-order chi connectivity index (χ0) is 17.2. The smallest absolute Gasteiger partial charge is 0.407 e. The molecular formula is C20H30N2O2. The Hall–Kier alpha value is -1.55. The number of benzene rings is 1. The molecule has 2 aliphatic rings. The molecule has 1 N–H and O–H groups in total. The summed E-state index contributed by atoms with van der Waals surface area (Å²) in [6.07, 6.45) is 3.28. The minimum absolute atomic E-state index is 0.249. The molecule has 1 saturated heterocycles. The molecular weight excluding hydrogens is 300 g/mol. The summed E-state index contributed by atoms with van der Waals surface area (Å²) in [6.45, 7) is 8.95. The third-order valence-electron chi connectivity index (χ3n) is 5.13. The highest BCUT2D eigenvalue weighted by Gasteiger charge is 2.41. The first-order valence-electron chi connectivity index (χ1n) is 9.16. The molecule has 1 amide bonds. The summed E-state index contributed by atoms with van der Waals surface area (Å²) in [4.78, 5) is 14.7. The fourth-order valence-corrected chi connectivity index (χ4v) is 4.17. The van der Waals surface area contributed by atoms with E-state index in [0.29, 0.717) is 11.8 Å². The number of fused-ring (bicyclic) bond motifs is 1. The highest BCUT2D eigenvalue weighted by molar-refractivity contribution is 5.68. The zero-order valence-electron chi connectivity index (χ0n) is 15.1. The van der Waals surface area contributed by atoms with E-state index in [1.165, 1.54) is 18.4 Å². The van der Waals surface area contributed by atoms with Crippen LogP contribution >= 0.6 is 0 Å². The standard InChI is InChI=1S/C20H30N2O2/c1-20(2,3)24-19(23)21-18-11-7-10-16-13-22(14-17(16)18)12-15-8-5-4-6-9-15/h4-6,8-9,16-18H,7,10-14H2,1-3H3,(H,21,23)/t16-,17+,18+/m1/s1. The maximum absolute atomic E-state index is 12.1. The Morgan fingerprint density at radius 1 is 1.21 bits per heavy atom. The number of rotatable bonds is 3. The fourth-order valence-electron chi connectivity index (χ4n) is 4.17. The molecule has 0 radical (unpaired) electrons. The van der Waals surface area contributed by atoms with E-state index in [1.807, 2.05) is 20.8 Å². The van der Waals surface area contributed by atoms with Crippen molar-refractivity contribution < 1.29 is 9.53 Å². The van der Waals surface area contributed by atoms with Gasteiger partial charge >= 0.3 is 6.09 Å². The Kier molecular flexibility index (Phi) is 5.14. The highest BCUT2D eigenvalue weighted by atomic mass is 16.6. The lowest BCUT2D eigenvalue weighted by Gasteiger charge is -2.34. The van der Waals surface area contributed by atoms with E-state index in [9.17, 15) is 4.79 Å². The average molecular weight is 330 g/mol. The molecule has 3 rings (SSSR count). The normalized spacial score (nSPS) is 27.5. The molecule has 4 nitrogen and oxygen atoms in total. The van der Waals surface area contributed by atoms with Crippen LogP contribution in [0.3, 0.4) is 0 Å². The summed E-state index contributed by atoms with van der Waals surface area (Å²) >= 11 is 0. The maximum atomic E-state index is 12.1. The average Bonchev–Trinajstić information content (AvgIpc) is 2.90. The Balaban J connectivity index is 1.58. The van der Waals surface area contributed by atoms with Gasteiger partial charge in [-0.3, -0.25) is 4.90 Å². The van der Waals surface area contributed by atoms with Crippen molar-refractivity contribution in [3.63, 3.8) is 0 Å². The molecule has 2 fully saturated rings. The van der Waals surface area contributed by atoms with Crippen LogP contribution in [0.1, 0.15) is 45.6 Å². The molecule has 1 saturated carbocycles. The number of carbonyl (C=O) groups is 1. The molecule has 1 aliphatic heterocycles. The number of nitrogens with zero attached hydrogens (tertiary/aromatic N) is 1. The van der Waals surface area contributed by atoms with Gasteiger partial charge < -0.3 is 10.1 Å². The lowest BCUT2D eigenvalue weighted by Crippen LogP contribution is -2.47. The predicted octanol–water partition coefficient (Wildman–Crippen LogP) is 3.81. The summed E-state index contributed by atoms with van der Waals surface area (Å²) in [6, 6.07) is 10.9. The van der Waals surface area contributed by atoms with Crippen LogP contribution < -0.4 is 5.32 Å². The van der Waals surface area contributed by atoms with Crippen molar-refractivity contribution in [2.45, 2.75) is 58.2 Å². The molecule has 1 aromatic carbocycles. The molecule has 0 aromatic heterocycles. The van der Waals surface area contributed by atoms with E-state index in [2.05, 4.69) is 40.5 Å². The molecule has 1 aromatic rings. The van der Waals surface area contributed by atoms with E-state index in [1.54, 1.807) is 0 Å². The topological polar surface area (TPSA) is 41.6 Å². The Bertz CT molecular complexity index is 553. The van der Waals surface area contributed by atoms with Gasteiger partial charge in [0.25, 0.3) is 0 Å². The number of likely N-dealkylation sites (tertiary alicyclic amines) is 1. The van der Waals surface area contributed by atoms with Gasteiger partial charge in [0.2, 0.25) is 0 Å².